The standard InChI is InChI=1S/C18H28N2O2.C17H26N2O2.C14H22N2.Li/c1-18(2,3)15-5-7-16(8-6-15)20-13-11-19(12-14-20)10-9-17(21)22-4;1-17(2,3)14-4-6-15(7-5-14)19-12-10-18(11-13-19)9-8-16(20)21;1-14(2,3)12-4-6-13(7-5-12)16-10-8-15-9-11-16;/h5-8H,9-14H2,1-4H3;4-7H,8-13H2,1-3H3,(H,20,21);4-7,15H,8-11H2,1-3H3;/q;;;+1/p-1. The summed E-state index contributed by atoms with van der Waals surface area (Å²) in [5, 5.41) is 13.9. The predicted octanol–water partition coefficient (Wildman–Crippen LogP) is 3.31. The summed E-state index contributed by atoms with van der Waals surface area (Å²) in [6.45, 7) is 33.7. The number of nitrogens with zero attached hydrogens (tertiary/aromatic N) is 5. The van der Waals surface area contributed by atoms with Gasteiger partial charge >= 0.3 is 24.8 Å². The van der Waals surface area contributed by atoms with E-state index in [0.29, 0.717) is 13.0 Å². The summed E-state index contributed by atoms with van der Waals surface area (Å²) in [4.78, 5) is 33.4. The Kier molecular flexibility index (Phi) is 20.0. The predicted molar refractivity (Wildman–Crippen MR) is 244 cm³/mol. The third-order valence-electron chi connectivity index (χ3n) is 11.6. The number of carboxylic acids is 1. The van der Waals surface area contributed by atoms with Gasteiger partial charge in [0.15, 0.2) is 0 Å². The van der Waals surface area contributed by atoms with Crippen LogP contribution in [0.25, 0.3) is 0 Å². The molecule has 3 heterocycles. The monoisotopic (exact) mass is 819 g/mol. The van der Waals surface area contributed by atoms with Crippen molar-refractivity contribution in [1.29, 1.82) is 0 Å². The zero-order valence-corrected chi connectivity index (χ0v) is 39.1. The molecule has 0 saturated carbocycles. The number of anilines is 3. The largest absolute Gasteiger partial charge is 1.00 e. The number of hydrogen-bond acceptors (Lipinski definition) is 10. The van der Waals surface area contributed by atoms with Crippen molar-refractivity contribution in [3.63, 3.8) is 0 Å². The molecule has 3 aromatic rings. The fourth-order valence-corrected chi connectivity index (χ4v) is 7.50. The van der Waals surface area contributed by atoms with E-state index in [1.165, 1.54) is 40.9 Å². The van der Waals surface area contributed by atoms with Gasteiger partial charge in [0.2, 0.25) is 0 Å². The molecule has 326 valence electrons. The summed E-state index contributed by atoms with van der Waals surface area (Å²) in [6, 6.07) is 26.8. The minimum Gasteiger partial charge on any atom is -0.550 e. The molecule has 0 radical (unpaired) electrons. The van der Waals surface area contributed by atoms with E-state index < -0.39 is 5.97 Å². The van der Waals surface area contributed by atoms with Crippen molar-refractivity contribution in [1.82, 2.24) is 15.1 Å². The average Bonchev–Trinajstić information content (AvgIpc) is 3.22. The number of esters is 1. The van der Waals surface area contributed by atoms with Gasteiger partial charge in [0, 0.05) is 115 Å². The van der Waals surface area contributed by atoms with Crippen LogP contribution in [0, 0.1) is 0 Å². The van der Waals surface area contributed by atoms with Crippen molar-refractivity contribution < 1.29 is 38.3 Å². The number of benzene rings is 3. The Labute approximate surface area is 375 Å². The molecule has 11 heteroatoms. The fraction of sp³-hybridized carbons (Fsp3) is 0.592. The summed E-state index contributed by atoms with van der Waals surface area (Å²) < 4.78 is 4.69. The third-order valence-corrected chi connectivity index (χ3v) is 11.6. The number of rotatable bonds is 9. The smallest absolute Gasteiger partial charge is 0.550 e. The summed E-state index contributed by atoms with van der Waals surface area (Å²) in [5.41, 5.74) is 8.66. The number of aliphatic carboxylic acids is 1. The Morgan fingerprint density at radius 3 is 1.10 bits per heavy atom. The molecular formula is C49H75LiN6O4. The minimum absolute atomic E-state index is 0. The number of nitrogens with one attached hydrogen (secondary N) is 1. The molecule has 0 spiro atoms. The van der Waals surface area contributed by atoms with Gasteiger partial charge < -0.3 is 34.7 Å². The average molecular weight is 819 g/mol. The fourth-order valence-electron chi connectivity index (χ4n) is 7.50. The zero-order chi connectivity index (χ0) is 43.2. The summed E-state index contributed by atoms with van der Waals surface area (Å²) in [6.07, 6.45) is 0.608. The van der Waals surface area contributed by atoms with Gasteiger partial charge in [0.05, 0.1) is 13.5 Å². The number of carbonyl (C=O) groups excluding carboxylic acids is 2. The van der Waals surface area contributed by atoms with Gasteiger partial charge in [-0.05, 0) is 75.8 Å². The Morgan fingerprint density at radius 2 is 0.817 bits per heavy atom. The van der Waals surface area contributed by atoms with Crippen molar-refractivity contribution in [3.05, 3.63) is 89.5 Å². The molecule has 3 aliphatic heterocycles. The maximum absolute atomic E-state index is 11.2. The van der Waals surface area contributed by atoms with E-state index in [4.69, 9.17) is 4.74 Å². The SMILES string of the molecule is CC(C)(C)c1ccc(N2CCN(CCC(=O)[O-])CC2)cc1.CC(C)(C)c1ccc(N2CCNCC2)cc1.COC(=O)CCN1CCN(c2ccc(C(C)(C)C)cc2)CC1.[Li+]. The number of piperazine rings is 3. The van der Waals surface area contributed by atoms with Crippen molar-refractivity contribution in [2.24, 2.45) is 0 Å². The first-order chi connectivity index (χ1) is 27.8. The molecule has 0 amide bonds. The molecule has 6 rings (SSSR count). The van der Waals surface area contributed by atoms with Crippen LogP contribution in [0.5, 0.6) is 0 Å². The van der Waals surface area contributed by atoms with E-state index in [1.807, 2.05) is 0 Å². The van der Waals surface area contributed by atoms with E-state index in [-0.39, 0.29) is 47.5 Å². The molecule has 10 nitrogen and oxygen atoms in total. The molecular weight excluding hydrogens is 744 g/mol. The van der Waals surface area contributed by atoms with Crippen molar-refractivity contribution in [2.45, 2.75) is 91.4 Å². The zero-order valence-electron chi connectivity index (χ0n) is 39.1. The first kappa shape index (κ1) is 50.8. The number of hydrogen-bond donors (Lipinski definition) is 1. The van der Waals surface area contributed by atoms with Crippen molar-refractivity contribution in [2.75, 3.05) is 113 Å². The number of carbonyl (C=O) groups is 2. The van der Waals surface area contributed by atoms with Gasteiger partial charge in [-0.2, -0.15) is 0 Å². The van der Waals surface area contributed by atoms with Crippen molar-refractivity contribution in [3.8, 4) is 0 Å². The second-order valence-electron chi connectivity index (χ2n) is 19.2. The Hall–Kier alpha value is -3.52. The molecule has 0 atom stereocenters. The van der Waals surface area contributed by atoms with Gasteiger partial charge in [-0.3, -0.25) is 14.6 Å². The Balaban J connectivity index is 0.000000241. The van der Waals surface area contributed by atoms with Gasteiger partial charge in [-0.15, -0.1) is 0 Å². The summed E-state index contributed by atoms with van der Waals surface area (Å²) in [7, 11) is 1.45. The Morgan fingerprint density at radius 1 is 0.517 bits per heavy atom. The number of ether oxygens (including phenoxy) is 1. The molecule has 0 unspecified atom stereocenters. The molecule has 3 fully saturated rings. The first-order valence-corrected chi connectivity index (χ1v) is 21.8. The van der Waals surface area contributed by atoms with E-state index in [9.17, 15) is 14.7 Å². The second kappa shape index (κ2) is 23.6. The molecule has 3 aromatic carbocycles. The van der Waals surface area contributed by atoms with E-state index in [0.717, 1.165) is 85.1 Å². The number of methoxy groups -OCH3 is 1. The van der Waals surface area contributed by atoms with Crippen LogP contribution in [0.3, 0.4) is 0 Å². The van der Waals surface area contributed by atoms with Crippen LogP contribution in [-0.4, -0.2) is 120 Å². The van der Waals surface area contributed by atoms with Crippen LogP contribution in [0.15, 0.2) is 72.8 Å². The van der Waals surface area contributed by atoms with Gasteiger partial charge in [-0.1, -0.05) is 98.7 Å². The Bertz CT molecular complexity index is 1690. The molecule has 60 heavy (non-hydrogen) atoms. The van der Waals surface area contributed by atoms with Crippen LogP contribution in [0.1, 0.15) is 91.8 Å². The molecule has 0 bridgehead atoms. The minimum atomic E-state index is -0.963. The maximum Gasteiger partial charge on any atom is 1.00 e. The van der Waals surface area contributed by atoms with Crippen LogP contribution in [-0.2, 0) is 30.6 Å². The van der Waals surface area contributed by atoms with Crippen LogP contribution in [0.4, 0.5) is 17.1 Å². The molecule has 1 N–H and O–H groups in total. The van der Waals surface area contributed by atoms with Gasteiger partial charge in [0.25, 0.3) is 0 Å². The van der Waals surface area contributed by atoms with Crippen LogP contribution >= 0.6 is 0 Å². The quantitative estimate of drug-likeness (QED) is 0.256. The van der Waals surface area contributed by atoms with E-state index >= 15 is 0 Å². The number of carboxylic acid groups (broad SMARTS) is 1. The molecule has 3 aliphatic rings. The normalized spacial score (nSPS) is 16.7. The summed E-state index contributed by atoms with van der Waals surface area (Å²) >= 11 is 0. The van der Waals surface area contributed by atoms with Crippen LogP contribution in [0.2, 0.25) is 0 Å². The molecule has 0 aromatic heterocycles. The van der Waals surface area contributed by atoms with Crippen molar-refractivity contribution >= 4 is 29.0 Å². The van der Waals surface area contributed by atoms with E-state index in [2.05, 4.69) is 165 Å². The third kappa shape index (κ3) is 16.7. The molecule has 3 saturated heterocycles. The topological polar surface area (TPSA) is 94.7 Å². The molecule has 0 aliphatic carbocycles. The first-order valence-electron chi connectivity index (χ1n) is 21.8. The van der Waals surface area contributed by atoms with Gasteiger partial charge in [-0.25, -0.2) is 0 Å². The van der Waals surface area contributed by atoms with Crippen LogP contribution < -0.4 is 44.0 Å². The summed E-state index contributed by atoms with van der Waals surface area (Å²) in [5.74, 6) is -1.09. The second-order valence-corrected chi connectivity index (χ2v) is 19.2. The maximum atomic E-state index is 11.2. The van der Waals surface area contributed by atoms with Gasteiger partial charge in [0.1, 0.15) is 0 Å². The van der Waals surface area contributed by atoms with E-state index in [1.54, 1.807) is 0 Å².